The van der Waals surface area contributed by atoms with E-state index in [1.807, 2.05) is 44.2 Å². The number of hydrogen-bond donors (Lipinski definition) is 0. The number of ketones is 1. The molecular formula is C20H21NO. The maximum absolute atomic E-state index is 12.7. The molecule has 112 valence electrons. The summed E-state index contributed by atoms with van der Waals surface area (Å²) in [5.41, 5.74) is 5.00. The lowest BCUT2D eigenvalue weighted by molar-refractivity contribution is 0.103. The first kappa shape index (κ1) is 14.7. The molecule has 0 amide bonds. The number of carbonyl (C=O) groups is 1. The molecule has 2 nitrogen and oxygen atoms in total. The van der Waals surface area contributed by atoms with E-state index in [1.54, 1.807) is 0 Å². The van der Waals surface area contributed by atoms with Gasteiger partial charge in [-0.3, -0.25) is 9.69 Å². The van der Waals surface area contributed by atoms with Crippen LogP contribution in [0.3, 0.4) is 0 Å². The second-order valence-electron chi connectivity index (χ2n) is 6.07. The van der Waals surface area contributed by atoms with E-state index in [2.05, 4.69) is 29.2 Å². The summed E-state index contributed by atoms with van der Waals surface area (Å²) in [7, 11) is 0. The van der Waals surface area contributed by atoms with Crippen LogP contribution >= 0.6 is 0 Å². The Labute approximate surface area is 132 Å². The number of carbonyl (C=O) groups excluding carboxylic acids is 1. The minimum atomic E-state index is 0.105. The maximum atomic E-state index is 12.7. The van der Waals surface area contributed by atoms with E-state index in [0.717, 1.165) is 41.9 Å². The van der Waals surface area contributed by atoms with E-state index < -0.39 is 0 Å². The third kappa shape index (κ3) is 3.34. The monoisotopic (exact) mass is 291 g/mol. The average Bonchev–Trinajstić information content (AvgIpc) is 2.98. The molecule has 1 aliphatic heterocycles. The fourth-order valence-electron chi connectivity index (χ4n) is 2.99. The van der Waals surface area contributed by atoms with E-state index in [0.29, 0.717) is 0 Å². The molecule has 0 unspecified atom stereocenters. The molecular weight excluding hydrogens is 270 g/mol. The van der Waals surface area contributed by atoms with Crippen LogP contribution in [0.2, 0.25) is 0 Å². The van der Waals surface area contributed by atoms with E-state index in [9.17, 15) is 4.79 Å². The van der Waals surface area contributed by atoms with Gasteiger partial charge in [0.25, 0.3) is 0 Å². The first-order valence-corrected chi connectivity index (χ1v) is 7.71. The van der Waals surface area contributed by atoms with Crippen molar-refractivity contribution in [2.75, 3.05) is 13.1 Å². The third-order valence-electron chi connectivity index (χ3n) is 3.97. The van der Waals surface area contributed by atoms with Crippen LogP contribution in [0.1, 0.15) is 32.6 Å². The molecule has 0 atom stereocenters. The Hall–Kier alpha value is -2.19. The molecule has 0 saturated heterocycles. The molecule has 0 aliphatic carbocycles. The zero-order chi connectivity index (χ0) is 15.5. The second kappa shape index (κ2) is 6.29. The normalized spacial score (nSPS) is 14.5. The molecule has 0 spiro atoms. The topological polar surface area (TPSA) is 20.3 Å². The smallest absolute Gasteiger partial charge is 0.193 e. The molecule has 1 heterocycles. The van der Waals surface area contributed by atoms with Crippen molar-refractivity contribution >= 4 is 5.78 Å². The summed E-state index contributed by atoms with van der Waals surface area (Å²) < 4.78 is 0. The van der Waals surface area contributed by atoms with E-state index >= 15 is 0 Å². The van der Waals surface area contributed by atoms with Crippen molar-refractivity contribution < 1.29 is 4.79 Å². The lowest BCUT2D eigenvalue weighted by Gasteiger charge is -2.15. The zero-order valence-electron chi connectivity index (χ0n) is 13.2. The standard InChI is InChI=1S/C20H21NO/c1-15-10-16(2)12-19(11-15)20(22)18-7-5-6-17(13-18)14-21-8-3-4-9-21/h3-7,10-13H,8-9,14H2,1-2H3. The van der Waals surface area contributed by atoms with Crippen LogP contribution in [-0.2, 0) is 6.54 Å². The van der Waals surface area contributed by atoms with Crippen molar-refractivity contribution in [2.45, 2.75) is 20.4 Å². The van der Waals surface area contributed by atoms with Gasteiger partial charge in [-0.15, -0.1) is 0 Å². The molecule has 0 N–H and O–H groups in total. The summed E-state index contributed by atoms with van der Waals surface area (Å²) in [4.78, 5) is 15.1. The largest absolute Gasteiger partial charge is 0.292 e. The predicted octanol–water partition coefficient (Wildman–Crippen LogP) is 3.91. The number of benzene rings is 2. The molecule has 0 radical (unpaired) electrons. The molecule has 0 fully saturated rings. The Balaban J connectivity index is 1.83. The predicted molar refractivity (Wildman–Crippen MR) is 90.2 cm³/mol. The Bertz CT molecular complexity index is 702. The van der Waals surface area contributed by atoms with Crippen LogP contribution in [0, 0.1) is 13.8 Å². The Morgan fingerprint density at radius 2 is 1.64 bits per heavy atom. The van der Waals surface area contributed by atoms with Gasteiger partial charge in [-0.05, 0) is 37.6 Å². The molecule has 2 aromatic rings. The van der Waals surface area contributed by atoms with Crippen LogP contribution < -0.4 is 0 Å². The molecule has 2 aromatic carbocycles. The van der Waals surface area contributed by atoms with Crippen LogP contribution in [-0.4, -0.2) is 23.8 Å². The zero-order valence-corrected chi connectivity index (χ0v) is 13.2. The van der Waals surface area contributed by atoms with Crippen molar-refractivity contribution in [3.8, 4) is 0 Å². The SMILES string of the molecule is Cc1cc(C)cc(C(=O)c2cccc(CN3CC=CC3)c2)c1. The fraction of sp³-hybridized carbons (Fsp3) is 0.250. The molecule has 3 rings (SSSR count). The highest BCUT2D eigenvalue weighted by molar-refractivity contribution is 6.09. The molecule has 1 aliphatic rings. The maximum Gasteiger partial charge on any atom is 0.193 e. The Morgan fingerprint density at radius 1 is 0.955 bits per heavy atom. The van der Waals surface area contributed by atoms with Gasteiger partial charge in [0.15, 0.2) is 5.78 Å². The van der Waals surface area contributed by atoms with Crippen LogP contribution in [0.4, 0.5) is 0 Å². The summed E-state index contributed by atoms with van der Waals surface area (Å²) in [6.07, 6.45) is 4.37. The van der Waals surface area contributed by atoms with Crippen molar-refractivity contribution in [1.82, 2.24) is 4.90 Å². The summed E-state index contributed by atoms with van der Waals surface area (Å²) in [5.74, 6) is 0.105. The van der Waals surface area contributed by atoms with Crippen LogP contribution in [0.25, 0.3) is 0 Å². The van der Waals surface area contributed by atoms with E-state index in [1.165, 1.54) is 5.56 Å². The number of hydrogen-bond acceptors (Lipinski definition) is 2. The van der Waals surface area contributed by atoms with E-state index in [-0.39, 0.29) is 5.78 Å². The summed E-state index contributed by atoms with van der Waals surface area (Å²) >= 11 is 0. The van der Waals surface area contributed by atoms with Gasteiger partial charge in [0.1, 0.15) is 0 Å². The van der Waals surface area contributed by atoms with Gasteiger partial charge < -0.3 is 0 Å². The Morgan fingerprint density at radius 3 is 2.32 bits per heavy atom. The van der Waals surface area contributed by atoms with Gasteiger partial charge >= 0.3 is 0 Å². The number of nitrogens with zero attached hydrogens (tertiary/aromatic N) is 1. The lowest BCUT2D eigenvalue weighted by Crippen LogP contribution is -2.19. The quantitative estimate of drug-likeness (QED) is 0.629. The third-order valence-corrected chi connectivity index (χ3v) is 3.97. The minimum absolute atomic E-state index is 0.105. The highest BCUT2D eigenvalue weighted by Crippen LogP contribution is 2.16. The van der Waals surface area contributed by atoms with Crippen molar-refractivity contribution in [3.63, 3.8) is 0 Å². The molecule has 0 aromatic heterocycles. The lowest BCUT2D eigenvalue weighted by atomic mass is 9.98. The van der Waals surface area contributed by atoms with Crippen molar-refractivity contribution in [1.29, 1.82) is 0 Å². The van der Waals surface area contributed by atoms with E-state index in [4.69, 9.17) is 0 Å². The van der Waals surface area contributed by atoms with Crippen LogP contribution in [0.15, 0.2) is 54.6 Å². The molecule has 0 bridgehead atoms. The average molecular weight is 291 g/mol. The number of aryl methyl sites for hydroxylation is 2. The van der Waals surface area contributed by atoms with Gasteiger partial charge in [-0.2, -0.15) is 0 Å². The first-order valence-electron chi connectivity index (χ1n) is 7.71. The summed E-state index contributed by atoms with van der Waals surface area (Å²) in [5, 5.41) is 0. The van der Waals surface area contributed by atoms with Crippen molar-refractivity contribution in [2.24, 2.45) is 0 Å². The highest BCUT2D eigenvalue weighted by Gasteiger charge is 2.12. The molecule has 2 heteroatoms. The van der Waals surface area contributed by atoms with Crippen molar-refractivity contribution in [3.05, 3.63) is 82.4 Å². The minimum Gasteiger partial charge on any atom is -0.292 e. The summed E-state index contributed by atoms with van der Waals surface area (Å²) in [6, 6.07) is 14.0. The van der Waals surface area contributed by atoms with Gasteiger partial charge in [0, 0.05) is 30.8 Å². The van der Waals surface area contributed by atoms with Gasteiger partial charge in [0.05, 0.1) is 0 Å². The van der Waals surface area contributed by atoms with Gasteiger partial charge in [0.2, 0.25) is 0 Å². The van der Waals surface area contributed by atoms with Crippen LogP contribution in [0.5, 0.6) is 0 Å². The van der Waals surface area contributed by atoms with Gasteiger partial charge in [-0.25, -0.2) is 0 Å². The second-order valence-corrected chi connectivity index (χ2v) is 6.07. The highest BCUT2D eigenvalue weighted by atomic mass is 16.1. The summed E-state index contributed by atoms with van der Waals surface area (Å²) in [6.45, 7) is 6.94. The Kier molecular flexibility index (Phi) is 4.21. The van der Waals surface area contributed by atoms with Gasteiger partial charge in [-0.1, -0.05) is 47.5 Å². The molecule has 0 saturated carbocycles. The molecule has 22 heavy (non-hydrogen) atoms. The fourth-order valence-corrected chi connectivity index (χ4v) is 2.99. The first-order chi connectivity index (χ1) is 10.6. The number of rotatable bonds is 4.